The van der Waals surface area contributed by atoms with Crippen molar-refractivity contribution >= 4 is 5.91 Å². The first-order chi connectivity index (χ1) is 17.5. The molecule has 3 aromatic rings. The van der Waals surface area contributed by atoms with Crippen LogP contribution < -0.4 is 15.4 Å². The zero-order chi connectivity index (χ0) is 27.2. The maximum atomic E-state index is 12.8. The van der Waals surface area contributed by atoms with Crippen LogP contribution in [0.3, 0.4) is 0 Å². The molecule has 3 rings (SSSR count). The molecule has 3 aromatic carbocycles. The van der Waals surface area contributed by atoms with Crippen LogP contribution in [0.5, 0.6) is 17.2 Å². The molecule has 7 nitrogen and oxygen atoms in total. The van der Waals surface area contributed by atoms with Crippen LogP contribution in [-0.2, 0) is 12.8 Å². The summed E-state index contributed by atoms with van der Waals surface area (Å²) in [5.41, 5.74) is 5.13. The van der Waals surface area contributed by atoms with Gasteiger partial charge in [0.05, 0.1) is 13.2 Å². The number of carbonyl (C=O) groups is 1. The number of amides is 1. The SMILES string of the molecule is COc1ccc(CCNC(=O)c2cccc(CC(C)(C)NCC(O)c3cc(O)cc(O)c3)c2)c(C)c1C. The van der Waals surface area contributed by atoms with Crippen molar-refractivity contribution in [2.75, 3.05) is 20.2 Å². The number of aliphatic hydroxyl groups is 1. The van der Waals surface area contributed by atoms with Gasteiger partial charge in [0, 0.05) is 30.3 Å². The number of aliphatic hydroxyl groups excluding tert-OH is 1. The summed E-state index contributed by atoms with van der Waals surface area (Å²) in [5, 5.41) is 36.2. The number of hydrogen-bond acceptors (Lipinski definition) is 6. The monoisotopic (exact) mass is 506 g/mol. The van der Waals surface area contributed by atoms with Gasteiger partial charge in [0.15, 0.2) is 0 Å². The van der Waals surface area contributed by atoms with Crippen molar-refractivity contribution in [1.29, 1.82) is 0 Å². The molecule has 0 saturated heterocycles. The van der Waals surface area contributed by atoms with Crippen molar-refractivity contribution in [1.82, 2.24) is 10.6 Å². The summed E-state index contributed by atoms with van der Waals surface area (Å²) >= 11 is 0. The molecule has 0 fully saturated rings. The molecule has 0 aliphatic rings. The van der Waals surface area contributed by atoms with Gasteiger partial charge in [-0.3, -0.25) is 4.79 Å². The van der Waals surface area contributed by atoms with Crippen molar-refractivity contribution in [3.05, 3.63) is 88.0 Å². The highest BCUT2D eigenvalue weighted by Gasteiger charge is 2.21. The van der Waals surface area contributed by atoms with Crippen molar-refractivity contribution in [3.63, 3.8) is 0 Å². The Balaban J connectivity index is 1.55. The number of hydrogen-bond donors (Lipinski definition) is 5. The van der Waals surface area contributed by atoms with E-state index in [9.17, 15) is 20.1 Å². The van der Waals surface area contributed by atoms with E-state index in [0.29, 0.717) is 24.1 Å². The van der Waals surface area contributed by atoms with E-state index in [-0.39, 0.29) is 29.5 Å². The Kier molecular flexibility index (Phi) is 9.18. The van der Waals surface area contributed by atoms with Crippen molar-refractivity contribution in [2.45, 2.75) is 52.2 Å². The van der Waals surface area contributed by atoms with Gasteiger partial charge < -0.3 is 30.7 Å². The minimum absolute atomic E-state index is 0.0994. The fraction of sp³-hybridized carbons (Fsp3) is 0.367. The van der Waals surface area contributed by atoms with Gasteiger partial charge in [-0.05, 0) is 98.7 Å². The van der Waals surface area contributed by atoms with E-state index in [0.717, 1.165) is 23.3 Å². The van der Waals surface area contributed by atoms with Crippen molar-refractivity contribution in [3.8, 4) is 17.2 Å². The Morgan fingerprint density at radius 3 is 2.38 bits per heavy atom. The van der Waals surface area contributed by atoms with Gasteiger partial charge in [-0.25, -0.2) is 0 Å². The summed E-state index contributed by atoms with van der Waals surface area (Å²) in [6, 6.07) is 15.6. The fourth-order valence-electron chi connectivity index (χ4n) is 4.45. The molecular formula is C30H38N2O5. The number of carbonyl (C=O) groups excluding carboxylic acids is 1. The fourth-order valence-corrected chi connectivity index (χ4v) is 4.45. The second kappa shape index (κ2) is 12.1. The molecule has 0 aliphatic carbocycles. The van der Waals surface area contributed by atoms with E-state index in [1.807, 2.05) is 51.1 Å². The summed E-state index contributed by atoms with van der Waals surface area (Å²) in [4.78, 5) is 12.8. The van der Waals surface area contributed by atoms with Crippen molar-refractivity contribution < 1.29 is 24.9 Å². The Labute approximate surface area is 219 Å². The predicted octanol–water partition coefficient (Wildman–Crippen LogP) is 4.34. The number of methoxy groups -OCH3 is 1. The normalized spacial score (nSPS) is 12.3. The highest BCUT2D eigenvalue weighted by molar-refractivity contribution is 5.94. The van der Waals surface area contributed by atoms with Crippen LogP contribution in [-0.4, -0.2) is 47.0 Å². The van der Waals surface area contributed by atoms with Crippen LogP contribution in [0, 0.1) is 13.8 Å². The number of β-amino-alcohol motifs (C(OH)–C–C–N with tert-alkyl or cyclic N) is 1. The molecule has 0 saturated carbocycles. The highest BCUT2D eigenvalue weighted by Crippen LogP contribution is 2.26. The van der Waals surface area contributed by atoms with Crippen LogP contribution in [0.25, 0.3) is 0 Å². The van der Waals surface area contributed by atoms with E-state index >= 15 is 0 Å². The average molecular weight is 507 g/mol. The first-order valence-electron chi connectivity index (χ1n) is 12.5. The molecule has 7 heteroatoms. The Morgan fingerprint density at radius 2 is 1.70 bits per heavy atom. The molecule has 0 spiro atoms. The van der Waals surface area contributed by atoms with Gasteiger partial charge in [-0.15, -0.1) is 0 Å². The lowest BCUT2D eigenvalue weighted by Crippen LogP contribution is -2.43. The minimum Gasteiger partial charge on any atom is -0.508 e. The van der Waals surface area contributed by atoms with Gasteiger partial charge in [0.1, 0.15) is 17.2 Å². The summed E-state index contributed by atoms with van der Waals surface area (Å²) in [6.45, 7) is 8.92. The van der Waals surface area contributed by atoms with E-state index in [2.05, 4.69) is 17.6 Å². The summed E-state index contributed by atoms with van der Waals surface area (Å²) < 4.78 is 5.38. The highest BCUT2D eigenvalue weighted by atomic mass is 16.5. The van der Waals surface area contributed by atoms with Gasteiger partial charge in [0.2, 0.25) is 0 Å². The number of ether oxygens (including phenoxy) is 1. The topological polar surface area (TPSA) is 111 Å². The maximum absolute atomic E-state index is 12.8. The molecule has 1 atom stereocenters. The Hall–Kier alpha value is -3.55. The molecule has 1 amide bonds. The number of aromatic hydroxyl groups is 2. The largest absolute Gasteiger partial charge is 0.508 e. The molecule has 0 heterocycles. The summed E-state index contributed by atoms with van der Waals surface area (Å²) in [6.07, 6.45) is 0.474. The molecule has 1 unspecified atom stereocenters. The Morgan fingerprint density at radius 1 is 1.00 bits per heavy atom. The van der Waals surface area contributed by atoms with Crippen molar-refractivity contribution in [2.24, 2.45) is 0 Å². The molecule has 0 aliphatic heterocycles. The first-order valence-corrected chi connectivity index (χ1v) is 12.5. The lowest BCUT2D eigenvalue weighted by Gasteiger charge is -2.28. The lowest BCUT2D eigenvalue weighted by molar-refractivity contribution is 0.0954. The number of benzene rings is 3. The molecule has 0 radical (unpaired) electrons. The molecule has 0 bridgehead atoms. The number of rotatable bonds is 11. The lowest BCUT2D eigenvalue weighted by atomic mass is 9.93. The molecule has 37 heavy (non-hydrogen) atoms. The third kappa shape index (κ3) is 7.71. The molecular weight excluding hydrogens is 468 g/mol. The quantitative estimate of drug-likeness (QED) is 0.265. The van der Waals surface area contributed by atoms with Crippen LogP contribution in [0.4, 0.5) is 0 Å². The number of phenols is 2. The molecule has 0 aromatic heterocycles. The first kappa shape index (κ1) is 28.0. The zero-order valence-electron chi connectivity index (χ0n) is 22.3. The smallest absolute Gasteiger partial charge is 0.251 e. The Bertz CT molecular complexity index is 1220. The second-order valence-electron chi connectivity index (χ2n) is 10.1. The van der Waals surface area contributed by atoms with Gasteiger partial charge in [-0.1, -0.05) is 18.2 Å². The van der Waals surface area contributed by atoms with E-state index in [1.54, 1.807) is 13.2 Å². The third-order valence-corrected chi connectivity index (χ3v) is 6.67. The van der Waals surface area contributed by atoms with Gasteiger partial charge in [-0.2, -0.15) is 0 Å². The second-order valence-corrected chi connectivity index (χ2v) is 10.1. The van der Waals surface area contributed by atoms with Crippen LogP contribution in [0.1, 0.15) is 58.1 Å². The average Bonchev–Trinajstić information content (AvgIpc) is 2.84. The summed E-state index contributed by atoms with van der Waals surface area (Å²) in [7, 11) is 1.67. The third-order valence-electron chi connectivity index (χ3n) is 6.67. The van der Waals surface area contributed by atoms with Crippen LogP contribution in [0.2, 0.25) is 0 Å². The zero-order valence-corrected chi connectivity index (χ0v) is 22.3. The van der Waals surface area contributed by atoms with E-state index in [1.165, 1.54) is 29.3 Å². The van der Waals surface area contributed by atoms with E-state index in [4.69, 9.17) is 4.74 Å². The van der Waals surface area contributed by atoms with Crippen LogP contribution >= 0.6 is 0 Å². The minimum atomic E-state index is -0.896. The molecule has 198 valence electrons. The maximum Gasteiger partial charge on any atom is 0.251 e. The number of phenolic OH excluding ortho intramolecular Hbond substituents is 2. The van der Waals surface area contributed by atoms with Gasteiger partial charge >= 0.3 is 0 Å². The van der Waals surface area contributed by atoms with E-state index < -0.39 is 6.10 Å². The van der Waals surface area contributed by atoms with Gasteiger partial charge in [0.25, 0.3) is 5.91 Å². The standard InChI is InChI=1S/C30H38N2O5/c1-19-20(2)28(37-5)10-9-22(19)11-12-31-29(36)23-8-6-7-21(13-23)17-30(3,4)32-18-27(35)24-14-25(33)16-26(34)15-24/h6-10,13-16,27,32-35H,11-12,17-18H2,1-5H3,(H,31,36). The van der Waals surface area contributed by atoms with Crippen LogP contribution in [0.15, 0.2) is 54.6 Å². The molecule has 5 N–H and O–H groups in total. The number of nitrogens with one attached hydrogen (secondary N) is 2. The summed E-state index contributed by atoms with van der Waals surface area (Å²) in [5.74, 6) is 0.553. The predicted molar refractivity (Wildman–Crippen MR) is 145 cm³/mol.